The highest BCUT2D eigenvalue weighted by molar-refractivity contribution is 5.79. The molecular formula is C29H56N2O7. The van der Waals surface area contributed by atoms with Crippen LogP contribution in [0.3, 0.4) is 0 Å². The number of carboxylic acid groups (broad SMARTS) is 1. The van der Waals surface area contributed by atoms with Crippen molar-refractivity contribution in [3.63, 3.8) is 0 Å². The lowest BCUT2D eigenvalue weighted by molar-refractivity contribution is -0.179. The van der Waals surface area contributed by atoms with Crippen molar-refractivity contribution in [1.29, 1.82) is 0 Å². The van der Waals surface area contributed by atoms with Crippen molar-refractivity contribution in [2.45, 2.75) is 154 Å². The molecule has 1 rings (SSSR count). The van der Waals surface area contributed by atoms with Crippen LogP contribution in [0.15, 0.2) is 0 Å². The van der Waals surface area contributed by atoms with E-state index in [9.17, 15) is 30.0 Å². The van der Waals surface area contributed by atoms with Crippen molar-refractivity contribution >= 4 is 11.9 Å². The van der Waals surface area contributed by atoms with E-state index in [1.165, 1.54) is 44.9 Å². The molecule has 0 aliphatic heterocycles. The fourth-order valence-corrected chi connectivity index (χ4v) is 5.04. The van der Waals surface area contributed by atoms with Gasteiger partial charge in [-0.15, -0.1) is 0 Å². The van der Waals surface area contributed by atoms with E-state index in [1.807, 2.05) is 20.8 Å². The minimum atomic E-state index is -1.45. The Kier molecular flexibility index (Phi) is 17.3. The van der Waals surface area contributed by atoms with E-state index in [-0.39, 0.29) is 12.0 Å². The zero-order chi connectivity index (χ0) is 28.6. The minimum Gasteiger partial charge on any atom is -0.480 e. The first-order valence-corrected chi connectivity index (χ1v) is 14.9. The predicted molar refractivity (Wildman–Crippen MR) is 149 cm³/mol. The van der Waals surface area contributed by atoms with Crippen molar-refractivity contribution in [3.8, 4) is 0 Å². The SMILES string of the molecule is CCCCCCCCCCCCO[C@@H]1C[C@H](C(=O)NCCCC[C@H](NC(C)(C)C)C(=O)O)[C@@H](O)[C@H](O)[C@H]1O. The molecule has 9 nitrogen and oxygen atoms in total. The maximum Gasteiger partial charge on any atom is 0.320 e. The summed E-state index contributed by atoms with van der Waals surface area (Å²) < 4.78 is 5.83. The molecule has 0 aromatic carbocycles. The lowest BCUT2D eigenvalue weighted by Crippen LogP contribution is -2.57. The van der Waals surface area contributed by atoms with Gasteiger partial charge in [0.05, 0.1) is 18.1 Å². The molecule has 1 saturated carbocycles. The molecule has 0 unspecified atom stereocenters. The number of aliphatic hydroxyl groups is 3. The molecule has 6 atom stereocenters. The molecule has 0 bridgehead atoms. The number of carbonyl (C=O) groups is 2. The number of ether oxygens (including phenoxy) is 1. The molecule has 0 saturated heterocycles. The Morgan fingerprint density at radius 2 is 1.42 bits per heavy atom. The Labute approximate surface area is 230 Å². The van der Waals surface area contributed by atoms with Gasteiger partial charge in [-0.25, -0.2) is 0 Å². The summed E-state index contributed by atoms with van der Waals surface area (Å²) in [6.45, 7) is 8.76. The first-order chi connectivity index (χ1) is 18.0. The quantitative estimate of drug-likeness (QED) is 0.128. The predicted octanol–water partition coefficient (Wildman–Crippen LogP) is 3.52. The number of aliphatic carboxylic acids is 1. The van der Waals surface area contributed by atoms with Crippen molar-refractivity contribution < 1.29 is 34.8 Å². The molecule has 1 aliphatic carbocycles. The Morgan fingerprint density at radius 1 is 0.842 bits per heavy atom. The number of nitrogens with one attached hydrogen (secondary N) is 2. The van der Waals surface area contributed by atoms with Gasteiger partial charge in [-0.2, -0.15) is 0 Å². The van der Waals surface area contributed by atoms with Gasteiger partial charge in [0.1, 0.15) is 18.2 Å². The van der Waals surface area contributed by atoms with E-state index >= 15 is 0 Å². The van der Waals surface area contributed by atoms with E-state index in [2.05, 4.69) is 17.6 Å². The average Bonchev–Trinajstić information content (AvgIpc) is 2.85. The van der Waals surface area contributed by atoms with Gasteiger partial charge >= 0.3 is 5.97 Å². The van der Waals surface area contributed by atoms with Gasteiger partial charge in [-0.05, 0) is 52.9 Å². The van der Waals surface area contributed by atoms with Crippen LogP contribution in [0, 0.1) is 5.92 Å². The molecule has 1 fully saturated rings. The maximum atomic E-state index is 12.7. The average molecular weight is 545 g/mol. The minimum absolute atomic E-state index is 0.138. The number of hydrogen-bond donors (Lipinski definition) is 6. The molecule has 0 heterocycles. The van der Waals surface area contributed by atoms with Crippen LogP contribution in [0.2, 0.25) is 0 Å². The first-order valence-electron chi connectivity index (χ1n) is 14.9. The van der Waals surface area contributed by atoms with Crippen LogP contribution in [0.1, 0.15) is 118 Å². The highest BCUT2D eigenvalue weighted by Crippen LogP contribution is 2.28. The zero-order valence-electron chi connectivity index (χ0n) is 24.3. The van der Waals surface area contributed by atoms with Gasteiger partial charge in [-0.3, -0.25) is 14.9 Å². The molecule has 0 aromatic heterocycles. The van der Waals surface area contributed by atoms with E-state index in [0.29, 0.717) is 32.4 Å². The summed E-state index contributed by atoms with van der Waals surface area (Å²) in [6, 6.07) is -0.657. The summed E-state index contributed by atoms with van der Waals surface area (Å²) in [5.41, 5.74) is -0.314. The molecule has 0 radical (unpaired) electrons. The second kappa shape index (κ2) is 18.9. The lowest BCUT2D eigenvalue weighted by atomic mass is 9.80. The third kappa shape index (κ3) is 14.2. The van der Waals surface area contributed by atoms with E-state index < -0.39 is 48.3 Å². The molecule has 38 heavy (non-hydrogen) atoms. The van der Waals surface area contributed by atoms with Gasteiger partial charge in [0.15, 0.2) is 0 Å². The fourth-order valence-electron chi connectivity index (χ4n) is 5.04. The summed E-state index contributed by atoms with van der Waals surface area (Å²) >= 11 is 0. The topological polar surface area (TPSA) is 148 Å². The normalized spacial score (nSPS) is 24.8. The number of hydrogen-bond acceptors (Lipinski definition) is 7. The zero-order valence-corrected chi connectivity index (χ0v) is 24.3. The lowest BCUT2D eigenvalue weighted by Gasteiger charge is -2.39. The monoisotopic (exact) mass is 544 g/mol. The van der Waals surface area contributed by atoms with Crippen LogP contribution in [0.5, 0.6) is 0 Å². The van der Waals surface area contributed by atoms with E-state index in [0.717, 1.165) is 19.3 Å². The Morgan fingerprint density at radius 3 is 1.97 bits per heavy atom. The Bertz CT molecular complexity index is 655. The van der Waals surface area contributed by atoms with Gasteiger partial charge in [-0.1, -0.05) is 64.7 Å². The van der Waals surface area contributed by atoms with Crippen molar-refractivity contribution in [1.82, 2.24) is 10.6 Å². The Balaban J connectivity index is 2.32. The third-order valence-corrected chi connectivity index (χ3v) is 7.27. The highest BCUT2D eigenvalue weighted by Gasteiger charge is 2.46. The highest BCUT2D eigenvalue weighted by atomic mass is 16.5. The molecule has 9 heteroatoms. The summed E-state index contributed by atoms with van der Waals surface area (Å²) in [6.07, 6.45) is 9.09. The van der Waals surface area contributed by atoms with E-state index in [4.69, 9.17) is 4.74 Å². The molecular weight excluding hydrogens is 488 g/mol. The van der Waals surface area contributed by atoms with Gasteiger partial charge in [0.25, 0.3) is 0 Å². The number of carboxylic acids is 1. The van der Waals surface area contributed by atoms with Crippen LogP contribution in [0.25, 0.3) is 0 Å². The van der Waals surface area contributed by atoms with Crippen LogP contribution in [0.4, 0.5) is 0 Å². The molecule has 1 aliphatic rings. The van der Waals surface area contributed by atoms with Crippen molar-refractivity contribution in [2.24, 2.45) is 5.92 Å². The number of rotatable bonds is 20. The first kappa shape index (κ1) is 34.8. The molecule has 0 spiro atoms. The molecule has 6 N–H and O–H groups in total. The largest absolute Gasteiger partial charge is 0.480 e. The standard InChI is InChI=1S/C29H56N2O7/c1-5-6-7-8-9-10-11-12-13-16-19-38-23-20-21(24(32)26(34)25(23)33)27(35)30-18-15-14-17-22(28(36)37)31-29(2,3)4/h21-26,31-34H,5-20H2,1-4H3,(H,30,35)(H,36,37)/t21-,22-,23+,24+,25-,26-/m0/s1. The van der Waals surface area contributed by atoms with Crippen molar-refractivity contribution in [3.05, 3.63) is 0 Å². The summed E-state index contributed by atoms with van der Waals surface area (Å²) in [4.78, 5) is 24.2. The van der Waals surface area contributed by atoms with Crippen molar-refractivity contribution in [2.75, 3.05) is 13.2 Å². The number of aliphatic hydroxyl groups excluding tert-OH is 3. The summed E-state index contributed by atoms with van der Waals surface area (Å²) in [5, 5.41) is 46.3. The molecule has 0 aromatic rings. The van der Waals surface area contributed by atoms with Gasteiger partial charge in [0, 0.05) is 18.7 Å². The fraction of sp³-hybridized carbons (Fsp3) is 0.931. The third-order valence-electron chi connectivity index (χ3n) is 7.27. The number of unbranched alkanes of at least 4 members (excludes halogenated alkanes) is 10. The summed E-state index contributed by atoms with van der Waals surface area (Å²) in [7, 11) is 0. The van der Waals surface area contributed by atoms with E-state index in [1.54, 1.807) is 0 Å². The van der Waals surface area contributed by atoms with Gasteiger partial charge in [0.2, 0.25) is 5.91 Å². The second-order valence-corrected chi connectivity index (χ2v) is 12.0. The number of carbonyl (C=O) groups excluding carboxylic acids is 1. The van der Waals surface area contributed by atoms with Crippen LogP contribution in [-0.4, -0.2) is 81.5 Å². The molecule has 224 valence electrons. The van der Waals surface area contributed by atoms with Gasteiger partial charge < -0.3 is 30.5 Å². The van der Waals surface area contributed by atoms with Crippen LogP contribution < -0.4 is 10.6 Å². The number of amides is 1. The second-order valence-electron chi connectivity index (χ2n) is 12.0. The van der Waals surface area contributed by atoms with Crippen LogP contribution in [-0.2, 0) is 14.3 Å². The maximum absolute atomic E-state index is 12.7. The molecule has 1 amide bonds. The summed E-state index contributed by atoms with van der Waals surface area (Å²) in [5.74, 6) is -2.16. The Hall–Kier alpha value is -1.26. The smallest absolute Gasteiger partial charge is 0.320 e. The van der Waals surface area contributed by atoms with Crippen LogP contribution >= 0.6 is 0 Å².